The van der Waals surface area contributed by atoms with Crippen molar-refractivity contribution in [1.29, 1.82) is 0 Å². The molecular formula is C11H25NO3S. The van der Waals surface area contributed by atoms with Crippen LogP contribution < -0.4 is 5.32 Å². The fourth-order valence-corrected chi connectivity index (χ4v) is 2.46. The van der Waals surface area contributed by atoms with Gasteiger partial charge in [0.1, 0.15) is 9.84 Å². The molecule has 0 saturated carbocycles. The lowest BCUT2D eigenvalue weighted by molar-refractivity contribution is 0.00461. The standard InChI is InChI=1S/C11H25NO3S/c1-6-15-11(9(2)3)10(12-4)7-8-16(5,13)14/h9-12H,6-8H2,1-5H3. The van der Waals surface area contributed by atoms with E-state index >= 15 is 0 Å². The number of nitrogens with one attached hydrogen (secondary N) is 1. The van der Waals surface area contributed by atoms with Crippen molar-refractivity contribution in [3.8, 4) is 0 Å². The lowest BCUT2D eigenvalue weighted by atomic mass is 9.97. The van der Waals surface area contributed by atoms with E-state index < -0.39 is 9.84 Å². The molecule has 5 heteroatoms. The van der Waals surface area contributed by atoms with Gasteiger partial charge in [-0.2, -0.15) is 0 Å². The predicted octanol–water partition coefficient (Wildman–Crippen LogP) is 1.07. The number of sulfone groups is 1. The molecule has 0 aliphatic heterocycles. The largest absolute Gasteiger partial charge is 0.377 e. The summed E-state index contributed by atoms with van der Waals surface area (Å²) in [6, 6.07) is 0.0923. The van der Waals surface area contributed by atoms with E-state index in [1.807, 2.05) is 14.0 Å². The van der Waals surface area contributed by atoms with Crippen LogP contribution in [0.2, 0.25) is 0 Å². The Balaban J connectivity index is 4.43. The molecule has 0 aromatic rings. The maximum Gasteiger partial charge on any atom is 0.147 e. The molecule has 0 heterocycles. The van der Waals surface area contributed by atoms with Gasteiger partial charge in [0, 0.05) is 18.9 Å². The summed E-state index contributed by atoms with van der Waals surface area (Å²) in [5.41, 5.74) is 0. The maximum absolute atomic E-state index is 11.1. The van der Waals surface area contributed by atoms with Gasteiger partial charge in [0.2, 0.25) is 0 Å². The molecule has 0 aliphatic rings. The van der Waals surface area contributed by atoms with E-state index in [9.17, 15) is 8.42 Å². The molecule has 2 atom stereocenters. The van der Waals surface area contributed by atoms with Crippen LogP contribution in [0.3, 0.4) is 0 Å². The van der Waals surface area contributed by atoms with Gasteiger partial charge in [0.05, 0.1) is 11.9 Å². The topological polar surface area (TPSA) is 55.4 Å². The quantitative estimate of drug-likeness (QED) is 0.701. The van der Waals surface area contributed by atoms with Crippen molar-refractivity contribution in [2.75, 3.05) is 25.7 Å². The summed E-state index contributed by atoms with van der Waals surface area (Å²) < 4.78 is 27.9. The number of hydrogen-bond donors (Lipinski definition) is 1. The van der Waals surface area contributed by atoms with Crippen LogP contribution in [-0.4, -0.2) is 46.2 Å². The van der Waals surface area contributed by atoms with Crippen molar-refractivity contribution in [3.05, 3.63) is 0 Å². The maximum atomic E-state index is 11.1. The van der Waals surface area contributed by atoms with Crippen molar-refractivity contribution < 1.29 is 13.2 Å². The van der Waals surface area contributed by atoms with Gasteiger partial charge in [0.15, 0.2) is 0 Å². The molecule has 0 bridgehead atoms. The molecule has 0 aromatic heterocycles. The van der Waals surface area contributed by atoms with Crippen LogP contribution in [0.4, 0.5) is 0 Å². The van der Waals surface area contributed by atoms with Crippen molar-refractivity contribution in [3.63, 3.8) is 0 Å². The van der Waals surface area contributed by atoms with Crippen molar-refractivity contribution >= 4 is 9.84 Å². The van der Waals surface area contributed by atoms with E-state index in [4.69, 9.17) is 4.74 Å². The summed E-state index contributed by atoms with van der Waals surface area (Å²) in [7, 11) is -1.05. The molecule has 0 amide bonds. The number of rotatable bonds is 8. The zero-order valence-corrected chi connectivity index (χ0v) is 11.8. The van der Waals surface area contributed by atoms with E-state index in [1.165, 1.54) is 6.26 Å². The minimum Gasteiger partial charge on any atom is -0.377 e. The summed E-state index contributed by atoms with van der Waals surface area (Å²) in [6.45, 7) is 6.79. The Bertz CT molecular complexity index is 275. The van der Waals surface area contributed by atoms with Crippen LogP contribution in [0.25, 0.3) is 0 Å². The third-order valence-corrected chi connectivity index (χ3v) is 3.56. The van der Waals surface area contributed by atoms with Gasteiger partial charge in [-0.25, -0.2) is 8.42 Å². The SMILES string of the molecule is CCOC(C(C)C)C(CCS(C)(=O)=O)NC. The lowest BCUT2D eigenvalue weighted by Gasteiger charge is -2.29. The van der Waals surface area contributed by atoms with Crippen molar-refractivity contribution in [2.45, 2.75) is 39.3 Å². The molecule has 0 spiro atoms. The Labute approximate surface area is 99.7 Å². The molecule has 2 unspecified atom stereocenters. The lowest BCUT2D eigenvalue weighted by Crippen LogP contribution is -2.43. The van der Waals surface area contributed by atoms with E-state index in [2.05, 4.69) is 19.2 Å². The van der Waals surface area contributed by atoms with E-state index in [0.29, 0.717) is 18.9 Å². The highest BCUT2D eigenvalue weighted by Gasteiger charge is 2.24. The van der Waals surface area contributed by atoms with Crippen LogP contribution in [0.1, 0.15) is 27.2 Å². The Morgan fingerprint density at radius 2 is 1.88 bits per heavy atom. The van der Waals surface area contributed by atoms with Crippen molar-refractivity contribution in [1.82, 2.24) is 5.32 Å². The Morgan fingerprint density at radius 1 is 1.31 bits per heavy atom. The predicted molar refractivity (Wildman–Crippen MR) is 67.4 cm³/mol. The second-order valence-electron chi connectivity index (χ2n) is 4.48. The molecule has 98 valence electrons. The molecule has 0 aliphatic carbocycles. The molecule has 4 nitrogen and oxygen atoms in total. The molecule has 0 saturated heterocycles. The molecule has 16 heavy (non-hydrogen) atoms. The van der Waals surface area contributed by atoms with Crippen LogP contribution in [0, 0.1) is 5.92 Å². The number of likely N-dealkylation sites (N-methyl/N-ethyl adjacent to an activating group) is 1. The minimum absolute atomic E-state index is 0.0664. The fraction of sp³-hybridized carbons (Fsp3) is 1.00. The molecule has 0 aromatic carbocycles. The zero-order chi connectivity index (χ0) is 12.8. The highest BCUT2D eigenvalue weighted by molar-refractivity contribution is 7.90. The first-order valence-electron chi connectivity index (χ1n) is 5.78. The smallest absolute Gasteiger partial charge is 0.147 e. The van der Waals surface area contributed by atoms with Crippen LogP contribution in [-0.2, 0) is 14.6 Å². The molecule has 0 rings (SSSR count). The molecule has 0 fully saturated rings. The van der Waals surface area contributed by atoms with Gasteiger partial charge in [0.25, 0.3) is 0 Å². The van der Waals surface area contributed by atoms with Gasteiger partial charge < -0.3 is 10.1 Å². The summed E-state index contributed by atoms with van der Waals surface area (Å²) in [5, 5.41) is 3.15. The van der Waals surface area contributed by atoms with E-state index in [1.54, 1.807) is 0 Å². The third-order valence-electron chi connectivity index (χ3n) is 2.58. The zero-order valence-electron chi connectivity index (χ0n) is 11.0. The molecule has 0 radical (unpaired) electrons. The average Bonchev–Trinajstić information content (AvgIpc) is 2.15. The monoisotopic (exact) mass is 251 g/mol. The van der Waals surface area contributed by atoms with Gasteiger partial charge in [-0.15, -0.1) is 0 Å². The van der Waals surface area contributed by atoms with Crippen LogP contribution in [0.5, 0.6) is 0 Å². The van der Waals surface area contributed by atoms with Crippen LogP contribution in [0.15, 0.2) is 0 Å². The second kappa shape index (κ2) is 7.25. The third kappa shape index (κ3) is 6.45. The Kier molecular flexibility index (Phi) is 7.19. The molecule has 1 N–H and O–H groups in total. The van der Waals surface area contributed by atoms with Gasteiger partial charge in [-0.1, -0.05) is 13.8 Å². The number of ether oxygens (including phenoxy) is 1. The first kappa shape index (κ1) is 15.9. The Morgan fingerprint density at radius 3 is 2.19 bits per heavy atom. The second-order valence-corrected chi connectivity index (χ2v) is 6.74. The van der Waals surface area contributed by atoms with E-state index in [0.717, 1.165) is 0 Å². The van der Waals surface area contributed by atoms with Gasteiger partial charge in [-0.3, -0.25) is 0 Å². The summed E-state index contributed by atoms with van der Waals surface area (Å²) in [5.74, 6) is 0.575. The normalized spacial score (nSPS) is 16.4. The molecular weight excluding hydrogens is 226 g/mol. The first-order valence-corrected chi connectivity index (χ1v) is 7.84. The van der Waals surface area contributed by atoms with Gasteiger partial charge >= 0.3 is 0 Å². The number of hydrogen-bond acceptors (Lipinski definition) is 4. The van der Waals surface area contributed by atoms with E-state index in [-0.39, 0.29) is 17.9 Å². The minimum atomic E-state index is -2.90. The highest BCUT2D eigenvalue weighted by Crippen LogP contribution is 2.14. The Hall–Kier alpha value is -0.130. The van der Waals surface area contributed by atoms with Crippen LogP contribution >= 0.6 is 0 Å². The highest BCUT2D eigenvalue weighted by atomic mass is 32.2. The fourth-order valence-electron chi connectivity index (χ4n) is 1.78. The average molecular weight is 251 g/mol. The van der Waals surface area contributed by atoms with Crippen molar-refractivity contribution in [2.24, 2.45) is 5.92 Å². The van der Waals surface area contributed by atoms with Gasteiger partial charge in [-0.05, 0) is 26.3 Å². The summed E-state index contributed by atoms with van der Waals surface area (Å²) in [4.78, 5) is 0. The summed E-state index contributed by atoms with van der Waals surface area (Å²) in [6.07, 6.45) is 1.93. The summed E-state index contributed by atoms with van der Waals surface area (Å²) >= 11 is 0. The first-order chi connectivity index (χ1) is 7.31.